The minimum atomic E-state index is -0.446. The molecule has 0 spiro atoms. The van der Waals surface area contributed by atoms with Gasteiger partial charge >= 0.3 is 0 Å². The minimum absolute atomic E-state index is 0.122. The van der Waals surface area contributed by atoms with Gasteiger partial charge in [-0.05, 0) is 39.5 Å². The number of hydrogen-bond acceptors (Lipinski definition) is 2. The molecule has 0 fully saturated rings. The molecule has 0 aromatic carbocycles. The third kappa shape index (κ3) is 6.06. The van der Waals surface area contributed by atoms with Crippen molar-refractivity contribution >= 4 is 5.91 Å². The van der Waals surface area contributed by atoms with Crippen LogP contribution in [0.15, 0.2) is 0 Å². The molecule has 0 heterocycles. The molecule has 0 bridgehead atoms. The van der Waals surface area contributed by atoms with Crippen molar-refractivity contribution in [3.05, 3.63) is 0 Å². The number of hydrogen-bond donors (Lipinski definition) is 2. The molecule has 0 rings (SSSR count). The fourth-order valence-electron chi connectivity index (χ4n) is 2.44. The van der Waals surface area contributed by atoms with Gasteiger partial charge in [-0.1, -0.05) is 27.2 Å². The van der Waals surface area contributed by atoms with Gasteiger partial charge in [-0.2, -0.15) is 0 Å². The van der Waals surface area contributed by atoms with Crippen LogP contribution in [0.25, 0.3) is 0 Å². The normalized spacial score (nSPS) is 16.6. The van der Waals surface area contributed by atoms with Crippen LogP contribution in [0.3, 0.4) is 0 Å². The van der Waals surface area contributed by atoms with Gasteiger partial charge in [0.2, 0.25) is 5.91 Å². The molecule has 0 aliphatic carbocycles. The largest absolute Gasteiger partial charge is 0.355 e. The molecule has 3 heteroatoms. The smallest absolute Gasteiger partial charge is 0.240 e. The summed E-state index contributed by atoms with van der Waals surface area (Å²) in [5.74, 6) is 0.626. The Kier molecular flexibility index (Phi) is 7.44. The summed E-state index contributed by atoms with van der Waals surface area (Å²) in [6, 6.07) is 0.381. The van der Waals surface area contributed by atoms with Crippen LogP contribution in [0.2, 0.25) is 0 Å². The Morgan fingerprint density at radius 3 is 2.24 bits per heavy atom. The molecule has 0 aromatic heterocycles. The van der Waals surface area contributed by atoms with Gasteiger partial charge in [0.15, 0.2) is 0 Å². The van der Waals surface area contributed by atoms with E-state index in [1.54, 1.807) is 0 Å². The van der Waals surface area contributed by atoms with Crippen LogP contribution in [0.4, 0.5) is 0 Å². The van der Waals surface area contributed by atoms with E-state index in [1.807, 2.05) is 13.8 Å². The van der Waals surface area contributed by atoms with Gasteiger partial charge in [0.1, 0.15) is 0 Å². The van der Waals surface area contributed by atoms with Gasteiger partial charge in [-0.3, -0.25) is 4.79 Å². The lowest BCUT2D eigenvalue weighted by Gasteiger charge is -2.34. The molecule has 0 aliphatic heterocycles. The second-order valence-electron chi connectivity index (χ2n) is 5.62. The number of amides is 1. The molecule has 1 amide bonds. The van der Waals surface area contributed by atoms with Crippen molar-refractivity contribution in [1.29, 1.82) is 0 Å². The second kappa shape index (κ2) is 7.70. The maximum absolute atomic E-state index is 12.2. The van der Waals surface area contributed by atoms with E-state index in [2.05, 4.69) is 38.3 Å². The summed E-state index contributed by atoms with van der Waals surface area (Å²) in [7, 11) is 0. The Bertz CT molecular complexity index is 228. The zero-order valence-electron chi connectivity index (χ0n) is 12.4. The monoisotopic (exact) mass is 242 g/mol. The lowest BCUT2D eigenvalue weighted by Crippen LogP contribution is -2.58. The zero-order valence-corrected chi connectivity index (χ0v) is 12.4. The predicted molar refractivity (Wildman–Crippen MR) is 74.0 cm³/mol. The number of carbonyl (C=O) groups excluding carboxylic acids is 1. The molecule has 3 nitrogen and oxygen atoms in total. The summed E-state index contributed by atoms with van der Waals surface area (Å²) in [5.41, 5.74) is -0.446. The molecule has 2 unspecified atom stereocenters. The van der Waals surface area contributed by atoms with Gasteiger partial charge < -0.3 is 10.6 Å². The molecule has 2 N–H and O–H groups in total. The number of nitrogens with one attached hydrogen (secondary N) is 2. The SMILES string of the molecule is CCCC(C)NC(C)(CC(C)C)C(=O)NCC. The maximum atomic E-state index is 12.2. The van der Waals surface area contributed by atoms with Crippen LogP contribution in [-0.4, -0.2) is 24.0 Å². The van der Waals surface area contributed by atoms with E-state index in [0.717, 1.165) is 19.3 Å². The molecular weight excluding hydrogens is 212 g/mol. The highest BCUT2D eigenvalue weighted by Gasteiger charge is 2.34. The summed E-state index contributed by atoms with van der Waals surface area (Å²) in [4.78, 5) is 12.2. The number of likely N-dealkylation sites (N-methyl/N-ethyl adjacent to an activating group) is 1. The molecule has 0 saturated heterocycles. The van der Waals surface area contributed by atoms with Crippen molar-refractivity contribution in [2.24, 2.45) is 5.92 Å². The second-order valence-corrected chi connectivity index (χ2v) is 5.62. The van der Waals surface area contributed by atoms with Crippen molar-refractivity contribution in [1.82, 2.24) is 10.6 Å². The molecule has 2 atom stereocenters. The van der Waals surface area contributed by atoms with E-state index in [1.165, 1.54) is 0 Å². The Labute approximate surface area is 107 Å². The van der Waals surface area contributed by atoms with Crippen molar-refractivity contribution in [3.63, 3.8) is 0 Å². The lowest BCUT2D eigenvalue weighted by molar-refractivity contribution is -0.128. The first-order valence-electron chi connectivity index (χ1n) is 6.91. The number of carbonyl (C=O) groups is 1. The Morgan fingerprint density at radius 2 is 1.82 bits per heavy atom. The Morgan fingerprint density at radius 1 is 1.24 bits per heavy atom. The topological polar surface area (TPSA) is 41.1 Å². The van der Waals surface area contributed by atoms with Crippen molar-refractivity contribution in [2.75, 3.05) is 6.54 Å². The third-order valence-electron chi connectivity index (χ3n) is 2.94. The molecule has 0 saturated carbocycles. The lowest BCUT2D eigenvalue weighted by atomic mass is 9.88. The van der Waals surface area contributed by atoms with Crippen molar-refractivity contribution in [3.8, 4) is 0 Å². The molecule has 17 heavy (non-hydrogen) atoms. The standard InChI is InChI=1S/C14H30N2O/c1-7-9-12(5)16-14(6,10-11(3)4)13(17)15-8-2/h11-12,16H,7-10H2,1-6H3,(H,15,17). The van der Waals surface area contributed by atoms with Crippen molar-refractivity contribution < 1.29 is 4.79 Å². The van der Waals surface area contributed by atoms with E-state index in [0.29, 0.717) is 18.5 Å². The van der Waals surface area contributed by atoms with E-state index in [-0.39, 0.29) is 5.91 Å². The van der Waals surface area contributed by atoms with Crippen LogP contribution in [0.5, 0.6) is 0 Å². The highest BCUT2D eigenvalue weighted by Crippen LogP contribution is 2.18. The fraction of sp³-hybridized carbons (Fsp3) is 0.929. The van der Waals surface area contributed by atoms with Gasteiger partial charge in [0, 0.05) is 12.6 Å². The van der Waals surface area contributed by atoms with Crippen LogP contribution >= 0.6 is 0 Å². The molecule has 0 aliphatic rings. The highest BCUT2D eigenvalue weighted by molar-refractivity contribution is 5.85. The zero-order chi connectivity index (χ0) is 13.5. The first-order valence-corrected chi connectivity index (χ1v) is 6.91. The highest BCUT2D eigenvalue weighted by atomic mass is 16.2. The molecule has 0 radical (unpaired) electrons. The summed E-state index contributed by atoms with van der Waals surface area (Å²) < 4.78 is 0. The van der Waals surface area contributed by atoms with E-state index in [9.17, 15) is 4.79 Å². The average molecular weight is 242 g/mol. The molecule has 102 valence electrons. The quantitative estimate of drug-likeness (QED) is 0.687. The summed E-state index contributed by atoms with van der Waals surface area (Å²) in [5, 5.41) is 6.44. The summed E-state index contributed by atoms with van der Waals surface area (Å²) in [6.45, 7) is 13.3. The van der Waals surface area contributed by atoms with Crippen LogP contribution in [0.1, 0.15) is 60.8 Å². The third-order valence-corrected chi connectivity index (χ3v) is 2.94. The average Bonchev–Trinajstić information content (AvgIpc) is 2.16. The predicted octanol–water partition coefficient (Wildman–Crippen LogP) is 2.71. The van der Waals surface area contributed by atoms with Gasteiger partial charge in [-0.25, -0.2) is 0 Å². The molecular formula is C14H30N2O. The Hall–Kier alpha value is -0.570. The Balaban J connectivity index is 4.65. The van der Waals surface area contributed by atoms with E-state index < -0.39 is 5.54 Å². The van der Waals surface area contributed by atoms with Crippen LogP contribution in [-0.2, 0) is 4.79 Å². The van der Waals surface area contributed by atoms with Gasteiger partial charge in [0.05, 0.1) is 5.54 Å². The fourth-order valence-corrected chi connectivity index (χ4v) is 2.44. The minimum Gasteiger partial charge on any atom is -0.355 e. The van der Waals surface area contributed by atoms with Gasteiger partial charge in [-0.15, -0.1) is 0 Å². The summed E-state index contributed by atoms with van der Waals surface area (Å²) in [6.07, 6.45) is 3.11. The first-order chi connectivity index (χ1) is 7.85. The van der Waals surface area contributed by atoms with E-state index >= 15 is 0 Å². The van der Waals surface area contributed by atoms with Gasteiger partial charge in [0.25, 0.3) is 0 Å². The number of rotatable bonds is 8. The van der Waals surface area contributed by atoms with Crippen LogP contribution < -0.4 is 10.6 Å². The van der Waals surface area contributed by atoms with E-state index in [4.69, 9.17) is 0 Å². The molecule has 0 aromatic rings. The first kappa shape index (κ1) is 16.4. The van der Waals surface area contributed by atoms with Crippen LogP contribution in [0, 0.1) is 5.92 Å². The maximum Gasteiger partial charge on any atom is 0.240 e. The van der Waals surface area contributed by atoms with Crippen molar-refractivity contribution in [2.45, 2.75) is 72.4 Å². The summed E-state index contributed by atoms with van der Waals surface area (Å²) >= 11 is 0.